The van der Waals surface area contributed by atoms with E-state index < -0.39 is 0 Å². The molecule has 0 spiro atoms. The molecule has 1 atom stereocenters. The van der Waals surface area contributed by atoms with Crippen LogP contribution in [0.1, 0.15) is 24.8 Å². The molecule has 1 N–H and O–H groups in total. The van der Waals surface area contributed by atoms with E-state index >= 15 is 0 Å². The van der Waals surface area contributed by atoms with Crippen LogP contribution in [0, 0.1) is 0 Å². The lowest BCUT2D eigenvalue weighted by atomic mass is 9.96. The van der Waals surface area contributed by atoms with E-state index in [1.54, 1.807) is 7.11 Å². The number of rotatable bonds is 10. The summed E-state index contributed by atoms with van der Waals surface area (Å²) in [5.74, 6) is 2.94. The van der Waals surface area contributed by atoms with Crippen LogP contribution in [0.25, 0.3) is 0 Å². The van der Waals surface area contributed by atoms with Crippen molar-refractivity contribution in [1.29, 1.82) is 0 Å². The van der Waals surface area contributed by atoms with Crippen LogP contribution in [0.5, 0.6) is 0 Å². The molecule has 0 amide bonds. The quantitative estimate of drug-likeness (QED) is 0.664. The molecule has 0 fully saturated rings. The standard InChI is InChI=1S/C15H24ClNOS/c1-3-19-11-8-14(12-17-9-10-18-2)13-4-6-15(16)7-5-13/h4-7,14,17H,3,8-12H2,1-2H3. The minimum absolute atomic E-state index is 0.549. The molecule has 0 heterocycles. The Kier molecular flexibility index (Phi) is 9.35. The van der Waals surface area contributed by atoms with Gasteiger partial charge in [0.15, 0.2) is 0 Å². The number of hydrogen-bond donors (Lipinski definition) is 1. The molecule has 1 aromatic rings. The van der Waals surface area contributed by atoms with E-state index in [2.05, 4.69) is 24.4 Å². The zero-order chi connectivity index (χ0) is 13.9. The predicted molar refractivity (Wildman–Crippen MR) is 86.6 cm³/mol. The van der Waals surface area contributed by atoms with Gasteiger partial charge in [0.05, 0.1) is 6.61 Å². The fourth-order valence-electron chi connectivity index (χ4n) is 1.94. The summed E-state index contributed by atoms with van der Waals surface area (Å²) in [7, 11) is 1.73. The number of methoxy groups -OCH3 is 1. The Morgan fingerprint density at radius 3 is 2.68 bits per heavy atom. The average Bonchev–Trinajstić information content (AvgIpc) is 2.43. The van der Waals surface area contributed by atoms with E-state index in [0.29, 0.717) is 5.92 Å². The Balaban J connectivity index is 2.49. The van der Waals surface area contributed by atoms with Crippen LogP contribution in [0.3, 0.4) is 0 Å². The molecule has 0 aliphatic rings. The summed E-state index contributed by atoms with van der Waals surface area (Å²) < 4.78 is 5.06. The molecule has 1 unspecified atom stereocenters. The smallest absolute Gasteiger partial charge is 0.0587 e. The molecule has 108 valence electrons. The minimum atomic E-state index is 0.549. The molecule has 1 rings (SSSR count). The van der Waals surface area contributed by atoms with Crippen molar-refractivity contribution in [1.82, 2.24) is 5.32 Å². The molecule has 1 aromatic carbocycles. The van der Waals surface area contributed by atoms with E-state index in [0.717, 1.165) is 24.7 Å². The lowest BCUT2D eigenvalue weighted by Crippen LogP contribution is -2.25. The molecular formula is C15H24ClNOS. The summed E-state index contributed by atoms with van der Waals surface area (Å²) in [6.07, 6.45) is 1.19. The van der Waals surface area contributed by atoms with Crippen LogP contribution >= 0.6 is 23.4 Å². The predicted octanol–water partition coefficient (Wildman–Crippen LogP) is 3.80. The topological polar surface area (TPSA) is 21.3 Å². The summed E-state index contributed by atoms with van der Waals surface area (Å²) in [4.78, 5) is 0. The number of hydrogen-bond acceptors (Lipinski definition) is 3. The van der Waals surface area contributed by atoms with Crippen LogP contribution in [0.15, 0.2) is 24.3 Å². The molecular weight excluding hydrogens is 278 g/mol. The normalized spacial score (nSPS) is 12.6. The summed E-state index contributed by atoms with van der Waals surface area (Å²) in [5.41, 5.74) is 1.37. The first-order valence-corrected chi connectivity index (χ1v) is 8.34. The lowest BCUT2D eigenvalue weighted by Gasteiger charge is -2.18. The van der Waals surface area contributed by atoms with Gasteiger partial charge in [-0.1, -0.05) is 30.7 Å². The van der Waals surface area contributed by atoms with Gasteiger partial charge in [-0.3, -0.25) is 0 Å². The fraction of sp³-hybridized carbons (Fsp3) is 0.600. The molecule has 0 aliphatic heterocycles. The van der Waals surface area contributed by atoms with Gasteiger partial charge in [-0.25, -0.2) is 0 Å². The van der Waals surface area contributed by atoms with Gasteiger partial charge in [-0.05, 0) is 41.5 Å². The molecule has 0 aromatic heterocycles. The molecule has 19 heavy (non-hydrogen) atoms. The fourth-order valence-corrected chi connectivity index (χ4v) is 2.81. The van der Waals surface area contributed by atoms with Gasteiger partial charge >= 0.3 is 0 Å². The van der Waals surface area contributed by atoms with E-state index in [1.807, 2.05) is 23.9 Å². The molecule has 0 bridgehead atoms. The maximum absolute atomic E-state index is 5.95. The molecule has 2 nitrogen and oxygen atoms in total. The van der Waals surface area contributed by atoms with Crippen LogP contribution in [-0.2, 0) is 4.74 Å². The van der Waals surface area contributed by atoms with Crippen molar-refractivity contribution in [3.05, 3.63) is 34.9 Å². The zero-order valence-electron chi connectivity index (χ0n) is 11.8. The highest BCUT2D eigenvalue weighted by atomic mass is 35.5. The lowest BCUT2D eigenvalue weighted by molar-refractivity contribution is 0.199. The Hall–Kier alpha value is -0.220. The number of ether oxygens (including phenoxy) is 1. The maximum Gasteiger partial charge on any atom is 0.0587 e. The minimum Gasteiger partial charge on any atom is -0.383 e. The van der Waals surface area contributed by atoms with E-state index in [1.165, 1.54) is 23.5 Å². The highest BCUT2D eigenvalue weighted by molar-refractivity contribution is 7.99. The van der Waals surface area contributed by atoms with E-state index in [-0.39, 0.29) is 0 Å². The van der Waals surface area contributed by atoms with Gasteiger partial charge in [0.25, 0.3) is 0 Å². The van der Waals surface area contributed by atoms with Crippen molar-refractivity contribution in [3.8, 4) is 0 Å². The Morgan fingerprint density at radius 2 is 2.05 bits per heavy atom. The third kappa shape index (κ3) is 7.21. The summed E-state index contributed by atoms with van der Waals surface area (Å²) in [5, 5.41) is 4.26. The Labute approximate surface area is 126 Å². The SMILES string of the molecule is CCSCCC(CNCCOC)c1ccc(Cl)cc1. The number of benzene rings is 1. The molecule has 0 radical (unpaired) electrons. The molecule has 0 aliphatic carbocycles. The Morgan fingerprint density at radius 1 is 1.32 bits per heavy atom. The average molecular weight is 302 g/mol. The third-order valence-corrected chi connectivity index (χ3v) is 4.21. The van der Waals surface area contributed by atoms with Gasteiger partial charge in [0.2, 0.25) is 0 Å². The first-order valence-electron chi connectivity index (χ1n) is 6.80. The highest BCUT2D eigenvalue weighted by Gasteiger charge is 2.11. The van der Waals surface area contributed by atoms with Crippen LogP contribution in [-0.4, -0.2) is 38.3 Å². The second kappa shape index (κ2) is 10.6. The summed E-state index contributed by atoms with van der Waals surface area (Å²) >= 11 is 7.95. The van der Waals surface area contributed by atoms with Gasteiger partial charge in [-0.15, -0.1) is 0 Å². The zero-order valence-corrected chi connectivity index (χ0v) is 13.4. The van der Waals surface area contributed by atoms with Gasteiger partial charge < -0.3 is 10.1 Å². The van der Waals surface area contributed by atoms with Gasteiger partial charge in [0.1, 0.15) is 0 Å². The van der Waals surface area contributed by atoms with Crippen molar-refractivity contribution in [2.45, 2.75) is 19.3 Å². The van der Waals surface area contributed by atoms with Crippen molar-refractivity contribution in [3.63, 3.8) is 0 Å². The van der Waals surface area contributed by atoms with Gasteiger partial charge in [0, 0.05) is 25.2 Å². The maximum atomic E-state index is 5.95. The van der Waals surface area contributed by atoms with Crippen molar-refractivity contribution in [2.24, 2.45) is 0 Å². The Bertz CT molecular complexity index is 331. The molecule has 0 saturated heterocycles. The van der Waals surface area contributed by atoms with Crippen molar-refractivity contribution >= 4 is 23.4 Å². The van der Waals surface area contributed by atoms with Crippen LogP contribution < -0.4 is 5.32 Å². The second-order valence-electron chi connectivity index (χ2n) is 4.43. The first-order chi connectivity index (χ1) is 9.27. The first kappa shape index (κ1) is 16.8. The number of halogens is 1. The molecule has 0 saturated carbocycles. The molecule has 4 heteroatoms. The van der Waals surface area contributed by atoms with Crippen molar-refractivity contribution in [2.75, 3.05) is 38.3 Å². The van der Waals surface area contributed by atoms with E-state index in [4.69, 9.17) is 16.3 Å². The third-order valence-electron chi connectivity index (χ3n) is 3.03. The second-order valence-corrected chi connectivity index (χ2v) is 6.26. The van der Waals surface area contributed by atoms with E-state index in [9.17, 15) is 0 Å². The summed E-state index contributed by atoms with van der Waals surface area (Å²) in [6.45, 7) is 4.87. The largest absolute Gasteiger partial charge is 0.383 e. The van der Waals surface area contributed by atoms with Crippen LogP contribution in [0.2, 0.25) is 5.02 Å². The number of thioether (sulfide) groups is 1. The number of nitrogens with one attached hydrogen (secondary N) is 1. The van der Waals surface area contributed by atoms with Crippen LogP contribution in [0.4, 0.5) is 0 Å². The highest BCUT2D eigenvalue weighted by Crippen LogP contribution is 2.23. The van der Waals surface area contributed by atoms with Gasteiger partial charge in [-0.2, -0.15) is 11.8 Å². The monoisotopic (exact) mass is 301 g/mol. The summed E-state index contributed by atoms with van der Waals surface area (Å²) in [6, 6.07) is 8.24. The van der Waals surface area contributed by atoms with Crippen molar-refractivity contribution < 1.29 is 4.74 Å².